The second-order valence-corrected chi connectivity index (χ2v) is 9.44. The number of aryl methyl sites for hydroxylation is 3. The fourth-order valence-corrected chi connectivity index (χ4v) is 3.41. The smallest absolute Gasteiger partial charge is 0.226 e. The Morgan fingerprint density at radius 1 is 1.12 bits per heavy atom. The van der Waals surface area contributed by atoms with Gasteiger partial charge in [-0.15, -0.1) is 0 Å². The van der Waals surface area contributed by atoms with Gasteiger partial charge in [-0.1, -0.05) is 44.2 Å². The minimum Gasteiger partial charge on any atom is -0.326 e. The van der Waals surface area contributed by atoms with Gasteiger partial charge in [-0.3, -0.25) is 9.59 Å². The van der Waals surface area contributed by atoms with Crippen molar-refractivity contribution in [3.63, 3.8) is 0 Å². The van der Waals surface area contributed by atoms with Crippen molar-refractivity contribution in [3.05, 3.63) is 70.3 Å². The maximum atomic E-state index is 11.5. The normalized spacial score (nSPS) is 15.7. The molecular formula is C29H43N3O2. The minimum atomic E-state index is 0.0231. The summed E-state index contributed by atoms with van der Waals surface area (Å²) in [6, 6.07) is 12.3. The third-order valence-electron chi connectivity index (χ3n) is 5.86. The van der Waals surface area contributed by atoms with Gasteiger partial charge in [0, 0.05) is 29.8 Å². The first-order valence-electron chi connectivity index (χ1n) is 12.0. The Morgan fingerprint density at radius 2 is 1.76 bits per heavy atom. The Bertz CT molecular complexity index is 971. The van der Waals surface area contributed by atoms with Gasteiger partial charge in [0.1, 0.15) is 6.29 Å². The van der Waals surface area contributed by atoms with Gasteiger partial charge in [-0.25, -0.2) is 0 Å². The van der Waals surface area contributed by atoms with Gasteiger partial charge < -0.3 is 16.0 Å². The molecule has 3 rings (SSSR count). The minimum absolute atomic E-state index is 0.0231. The lowest BCUT2D eigenvalue weighted by molar-refractivity contribution is -0.118. The lowest BCUT2D eigenvalue weighted by Crippen LogP contribution is -2.23. The number of likely N-dealkylation sites (tertiary alicyclic amines) is 1. The van der Waals surface area contributed by atoms with Crippen LogP contribution in [0.15, 0.2) is 42.5 Å². The summed E-state index contributed by atoms with van der Waals surface area (Å²) < 4.78 is 0. The highest BCUT2D eigenvalue weighted by Gasteiger charge is 2.13. The van der Waals surface area contributed by atoms with Crippen molar-refractivity contribution in [2.75, 3.05) is 25.5 Å². The molecule has 34 heavy (non-hydrogen) atoms. The number of hydrogen-bond acceptors (Lipinski definition) is 4. The zero-order valence-electron chi connectivity index (χ0n) is 22.2. The Morgan fingerprint density at radius 3 is 2.24 bits per heavy atom. The summed E-state index contributed by atoms with van der Waals surface area (Å²) >= 11 is 0. The van der Waals surface area contributed by atoms with Crippen molar-refractivity contribution in [2.24, 2.45) is 11.7 Å². The highest BCUT2D eigenvalue weighted by molar-refractivity contribution is 5.92. The molecule has 186 valence electrons. The summed E-state index contributed by atoms with van der Waals surface area (Å²) in [5.74, 6) is 0.0913. The molecular weight excluding hydrogens is 422 g/mol. The number of hydrogen-bond donors (Lipinski definition) is 2. The Kier molecular flexibility index (Phi) is 12.5. The third kappa shape index (κ3) is 10.0. The van der Waals surface area contributed by atoms with E-state index >= 15 is 0 Å². The number of anilines is 1. The number of carbonyl (C=O) groups excluding carboxylic acids is 2. The van der Waals surface area contributed by atoms with E-state index in [4.69, 9.17) is 5.73 Å². The van der Waals surface area contributed by atoms with Crippen LogP contribution in [0.2, 0.25) is 0 Å². The van der Waals surface area contributed by atoms with Crippen molar-refractivity contribution in [1.29, 1.82) is 0 Å². The van der Waals surface area contributed by atoms with E-state index < -0.39 is 0 Å². The van der Waals surface area contributed by atoms with Crippen LogP contribution < -0.4 is 11.1 Å². The van der Waals surface area contributed by atoms with Gasteiger partial charge >= 0.3 is 0 Å². The average Bonchev–Trinajstić information content (AvgIpc) is 3.19. The van der Waals surface area contributed by atoms with Crippen LogP contribution in [0.25, 0.3) is 5.57 Å². The number of nitrogens with one attached hydrogen (secondary N) is 1. The molecule has 3 N–H and O–H groups in total. The number of nitrogens with two attached hydrogens (primary N) is 1. The van der Waals surface area contributed by atoms with Crippen LogP contribution >= 0.6 is 0 Å². The lowest BCUT2D eigenvalue weighted by atomic mass is 9.99. The third-order valence-corrected chi connectivity index (χ3v) is 5.86. The molecule has 0 aliphatic carbocycles. The SMILES string of the molecule is C/C=C(/C)c1cc(C=O)ccc1C.CN1CCC(N)C1.Cc1ccc(C)c(NC(=O)C(C)C)c1. The highest BCUT2D eigenvalue weighted by Crippen LogP contribution is 2.19. The number of nitrogens with zero attached hydrogens (tertiary/aromatic N) is 1. The summed E-state index contributed by atoms with van der Waals surface area (Å²) in [5.41, 5.74) is 13.1. The Hall–Kier alpha value is -2.76. The molecule has 1 amide bonds. The van der Waals surface area contributed by atoms with Crippen LogP contribution in [0.4, 0.5) is 5.69 Å². The number of benzene rings is 2. The standard InChI is InChI=1S/C12H17NO.C12H14O.C5H12N2/c1-8(2)12(14)13-11-7-9(3)5-6-10(11)4;1-4-9(2)12-7-11(8-13)6-5-10(12)3;1-7-3-2-5(6)4-7/h5-8H,1-4H3,(H,13,14);4-8H,1-3H3;5H,2-4,6H2,1H3/b;9-4-;. The van der Waals surface area contributed by atoms with Gasteiger partial charge in [0.2, 0.25) is 5.91 Å². The van der Waals surface area contributed by atoms with Crippen LogP contribution in [0, 0.1) is 26.7 Å². The van der Waals surface area contributed by atoms with E-state index in [2.05, 4.69) is 37.2 Å². The van der Waals surface area contributed by atoms with Crippen molar-refractivity contribution >= 4 is 23.5 Å². The number of allylic oxidation sites excluding steroid dienone is 2. The molecule has 1 saturated heterocycles. The van der Waals surface area contributed by atoms with Crippen LogP contribution in [-0.4, -0.2) is 43.3 Å². The van der Waals surface area contributed by atoms with E-state index in [0.29, 0.717) is 6.04 Å². The van der Waals surface area contributed by atoms with E-state index in [1.807, 2.05) is 71.0 Å². The van der Waals surface area contributed by atoms with Crippen molar-refractivity contribution < 1.29 is 9.59 Å². The first-order chi connectivity index (χ1) is 16.0. The second kappa shape index (κ2) is 14.5. The van der Waals surface area contributed by atoms with Crippen molar-refractivity contribution in [2.45, 2.75) is 60.9 Å². The molecule has 1 fully saturated rings. The van der Waals surface area contributed by atoms with Gasteiger partial charge in [-0.05, 0) is 94.6 Å². The molecule has 0 radical (unpaired) electrons. The van der Waals surface area contributed by atoms with E-state index in [0.717, 1.165) is 40.8 Å². The number of rotatable bonds is 4. The molecule has 1 heterocycles. The zero-order chi connectivity index (χ0) is 25.8. The maximum absolute atomic E-state index is 11.5. The second-order valence-electron chi connectivity index (χ2n) is 9.44. The van der Waals surface area contributed by atoms with Gasteiger partial charge in [-0.2, -0.15) is 0 Å². The molecule has 5 nitrogen and oxygen atoms in total. The molecule has 1 unspecified atom stereocenters. The number of amides is 1. The van der Waals surface area contributed by atoms with Gasteiger partial charge in [0.25, 0.3) is 0 Å². The van der Waals surface area contributed by atoms with Crippen LogP contribution in [0.3, 0.4) is 0 Å². The molecule has 2 aromatic rings. The lowest BCUT2D eigenvalue weighted by Gasteiger charge is -2.10. The number of aldehydes is 1. The Labute approximate surface area is 206 Å². The van der Waals surface area contributed by atoms with Gasteiger partial charge in [0.15, 0.2) is 0 Å². The molecule has 1 aliphatic rings. The fraction of sp³-hybridized carbons (Fsp3) is 0.448. The summed E-state index contributed by atoms with van der Waals surface area (Å²) in [4.78, 5) is 24.3. The molecule has 0 aromatic heterocycles. The summed E-state index contributed by atoms with van der Waals surface area (Å²) in [7, 11) is 2.10. The van der Waals surface area contributed by atoms with Gasteiger partial charge in [0.05, 0.1) is 0 Å². The number of carbonyl (C=O) groups is 2. The maximum Gasteiger partial charge on any atom is 0.226 e. The van der Waals surface area contributed by atoms with E-state index in [1.54, 1.807) is 0 Å². The average molecular weight is 466 g/mol. The molecule has 1 atom stereocenters. The largest absolute Gasteiger partial charge is 0.326 e. The molecule has 1 aliphatic heterocycles. The molecule has 0 spiro atoms. The summed E-state index contributed by atoms with van der Waals surface area (Å²) in [6.07, 6.45) is 4.11. The predicted molar refractivity (Wildman–Crippen MR) is 145 cm³/mol. The zero-order valence-corrected chi connectivity index (χ0v) is 22.2. The highest BCUT2D eigenvalue weighted by atomic mass is 16.1. The number of likely N-dealkylation sites (N-methyl/N-ethyl adjacent to an activating group) is 1. The fourth-order valence-electron chi connectivity index (χ4n) is 3.41. The molecule has 2 aromatic carbocycles. The quantitative estimate of drug-likeness (QED) is 0.562. The topological polar surface area (TPSA) is 75.4 Å². The molecule has 0 bridgehead atoms. The van der Waals surface area contributed by atoms with E-state index in [9.17, 15) is 9.59 Å². The van der Waals surface area contributed by atoms with Crippen molar-refractivity contribution in [1.82, 2.24) is 4.90 Å². The van der Waals surface area contributed by atoms with Crippen LogP contribution in [0.1, 0.15) is 66.7 Å². The van der Waals surface area contributed by atoms with E-state index in [-0.39, 0.29) is 11.8 Å². The van der Waals surface area contributed by atoms with Crippen molar-refractivity contribution in [3.8, 4) is 0 Å². The molecule has 5 heteroatoms. The Balaban J connectivity index is 0.000000268. The van der Waals surface area contributed by atoms with Crippen LogP contribution in [0.5, 0.6) is 0 Å². The molecule has 0 saturated carbocycles. The summed E-state index contributed by atoms with van der Waals surface area (Å²) in [5, 5.41) is 2.91. The summed E-state index contributed by atoms with van der Waals surface area (Å²) in [6.45, 7) is 16.2. The van der Waals surface area contributed by atoms with E-state index in [1.165, 1.54) is 24.1 Å². The predicted octanol–water partition coefficient (Wildman–Crippen LogP) is 5.78. The monoisotopic (exact) mass is 465 g/mol. The first kappa shape index (κ1) is 29.3. The first-order valence-corrected chi connectivity index (χ1v) is 12.0. The van der Waals surface area contributed by atoms with Crippen LogP contribution in [-0.2, 0) is 4.79 Å².